The number of piperidine rings is 1. The smallest absolute Gasteiger partial charge is 0.132 e. The SMILES string of the molecule is CC(C)c1cc(N2CCC(OCCBr)CC2)ncn1. The number of aromatic nitrogens is 2. The molecule has 2 heterocycles. The second-order valence-corrected chi connectivity index (χ2v) is 5.99. The summed E-state index contributed by atoms with van der Waals surface area (Å²) in [5, 5.41) is 0.914. The zero-order chi connectivity index (χ0) is 13.7. The molecule has 1 aliphatic rings. The second kappa shape index (κ2) is 7.20. The lowest BCUT2D eigenvalue weighted by Gasteiger charge is -2.32. The summed E-state index contributed by atoms with van der Waals surface area (Å²) >= 11 is 3.39. The molecular formula is C14H22BrN3O. The number of rotatable bonds is 5. The third kappa shape index (κ3) is 4.14. The van der Waals surface area contributed by atoms with E-state index in [1.807, 2.05) is 0 Å². The van der Waals surface area contributed by atoms with Crippen LogP contribution in [0.4, 0.5) is 5.82 Å². The van der Waals surface area contributed by atoms with Gasteiger partial charge in [-0.25, -0.2) is 9.97 Å². The molecule has 0 N–H and O–H groups in total. The van der Waals surface area contributed by atoms with E-state index in [1.165, 1.54) is 0 Å². The van der Waals surface area contributed by atoms with Gasteiger partial charge in [-0.2, -0.15) is 0 Å². The van der Waals surface area contributed by atoms with Gasteiger partial charge in [0.2, 0.25) is 0 Å². The Kier molecular flexibility index (Phi) is 5.58. The minimum atomic E-state index is 0.403. The Labute approximate surface area is 123 Å². The highest BCUT2D eigenvalue weighted by Gasteiger charge is 2.20. The summed E-state index contributed by atoms with van der Waals surface area (Å²) in [5.74, 6) is 1.50. The summed E-state index contributed by atoms with van der Waals surface area (Å²) in [7, 11) is 0. The molecule has 0 aromatic carbocycles. The van der Waals surface area contributed by atoms with Gasteiger partial charge in [0, 0.05) is 30.2 Å². The number of ether oxygens (including phenoxy) is 1. The topological polar surface area (TPSA) is 38.2 Å². The van der Waals surface area contributed by atoms with Crippen molar-refractivity contribution in [3.8, 4) is 0 Å². The van der Waals surface area contributed by atoms with E-state index in [9.17, 15) is 0 Å². The molecule has 0 saturated carbocycles. The monoisotopic (exact) mass is 327 g/mol. The van der Waals surface area contributed by atoms with E-state index in [2.05, 4.69) is 50.7 Å². The summed E-state index contributed by atoms with van der Waals surface area (Å²) in [6, 6.07) is 2.12. The van der Waals surface area contributed by atoms with Crippen molar-refractivity contribution in [2.24, 2.45) is 0 Å². The highest BCUT2D eigenvalue weighted by Crippen LogP contribution is 2.21. The van der Waals surface area contributed by atoms with E-state index in [0.29, 0.717) is 12.0 Å². The van der Waals surface area contributed by atoms with E-state index < -0.39 is 0 Å². The van der Waals surface area contributed by atoms with Gasteiger partial charge in [0.1, 0.15) is 12.1 Å². The maximum Gasteiger partial charge on any atom is 0.132 e. The fourth-order valence-electron chi connectivity index (χ4n) is 2.31. The molecule has 0 spiro atoms. The zero-order valence-electron chi connectivity index (χ0n) is 11.7. The average molecular weight is 328 g/mol. The molecule has 2 rings (SSSR count). The van der Waals surface area contributed by atoms with Crippen molar-refractivity contribution in [2.45, 2.75) is 38.7 Å². The first kappa shape index (κ1) is 14.7. The Balaban J connectivity index is 1.92. The van der Waals surface area contributed by atoms with Crippen LogP contribution in [0.25, 0.3) is 0 Å². The van der Waals surface area contributed by atoms with Crippen LogP contribution < -0.4 is 4.90 Å². The molecule has 1 aromatic heterocycles. The van der Waals surface area contributed by atoms with Gasteiger partial charge in [0.15, 0.2) is 0 Å². The minimum absolute atomic E-state index is 0.403. The molecule has 5 heteroatoms. The van der Waals surface area contributed by atoms with Crippen LogP contribution in [0.5, 0.6) is 0 Å². The Morgan fingerprint density at radius 2 is 2.11 bits per heavy atom. The van der Waals surface area contributed by atoms with Gasteiger partial charge >= 0.3 is 0 Å². The number of halogens is 1. The molecular weight excluding hydrogens is 306 g/mol. The number of nitrogens with zero attached hydrogens (tertiary/aromatic N) is 3. The van der Waals surface area contributed by atoms with Crippen molar-refractivity contribution < 1.29 is 4.74 Å². The Bertz CT molecular complexity index is 392. The van der Waals surface area contributed by atoms with Gasteiger partial charge in [-0.3, -0.25) is 0 Å². The lowest BCUT2D eigenvalue weighted by Crippen LogP contribution is -2.37. The van der Waals surface area contributed by atoms with Crippen LogP contribution >= 0.6 is 15.9 Å². The molecule has 4 nitrogen and oxygen atoms in total. The zero-order valence-corrected chi connectivity index (χ0v) is 13.3. The summed E-state index contributed by atoms with van der Waals surface area (Å²) in [5.41, 5.74) is 1.11. The largest absolute Gasteiger partial charge is 0.377 e. The Hall–Kier alpha value is -0.680. The van der Waals surface area contributed by atoms with Gasteiger partial charge in [-0.05, 0) is 18.8 Å². The van der Waals surface area contributed by atoms with Gasteiger partial charge in [-0.15, -0.1) is 0 Å². The third-order valence-corrected chi connectivity index (χ3v) is 3.79. The molecule has 1 aromatic rings. The molecule has 1 saturated heterocycles. The number of hydrogen-bond donors (Lipinski definition) is 0. The first-order valence-corrected chi connectivity index (χ1v) is 8.07. The van der Waals surface area contributed by atoms with Crippen LogP contribution in [-0.4, -0.2) is 41.1 Å². The van der Waals surface area contributed by atoms with Crippen molar-refractivity contribution in [3.05, 3.63) is 18.1 Å². The second-order valence-electron chi connectivity index (χ2n) is 5.20. The van der Waals surface area contributed by atoms with Crippen molar-refractivity contribution in [1.82, 2.24) is 9.97 Å². The molecule has 0 unspecified atom stereocenters. The summed E-state index contributed by atoms with van der Waals surface area (Å²) in [4.78, 5) is 11.1. The fraction of sp³-hybridized carbons (Fsp3) is 0.714. The summed E-state index contributed by atoms with van der Waals surface area (Å²) in [6.45, 7) is 7.15. The maximum absolute atomic E-state index is 5.77. The fourth-order valence-corrected chi connectivity index (χ4v) is 2.50. The van der Waals surface area contributed by atoms with Gasteiger partial charge in [0.25, 0.3) is 0 Å². The lowest BCUT2D eigenvalue weighted by molar-refractivity contribution is 0.0480. The highest BCUT2D eigenvalue weighted by atomic mass is 79.9. The predicted molar refractivity (Wildman–Crippen MR) is 81.1 cm³/mol. The van der Waals surface area contributed by atoms with Crippen molar-refractivity contribution in [1.29, 1.82) is 0 Å². The first-order valence-electron chi connectivity index (χ1n) is 6.95. The number of alkyl halides is 1. The van der Waals surface area contributed by atoms with E-state index in [4.69, 9.17) is 4.74 Å². The molecule has 1 aliphatic heterocycles. The van der Waals surface area contributed by atoms with E-state index in [-0.39, 0.29) is 0 Å². The average Bonchev–Trinajstić information content (AvgIpc) is 2.46. The first-order chi connectivity index (χ1) is 9.20. The standard InChI is InChI=1S/C14H22BrN3O/c1-11(2)13-9-14(17-10-16-13)18-6-3-12(4-7-18)19-8-5-15/h9-12H,3-8H2,1-2H3. The highest BCUT2D eigenvalue weighted by molar-refractivity contribution is 9.09. The normalized spacial score (nSPS) is 17.2. The van der Waals surface area contributed by atoms with Crippen LogP contribution in [0, 0.1) is 0 Å². The van der Waals surface area contributed by atoms with Crippen molar-refractivity contribution >= 4 is 21.7 Å². The molecule has 0 amide bonds. The Morgan fingerprint density at radius 1 is 1.37 bits per heavy atom. The van der Waals surface area contributed by atoms with Crippen LogP contribution in [0.15, 0.2) is 12.4 Å². The van der Waals surface area contributed by atoms with Gasteiger partial charge in [0.05, 0.1) is 12.7 Å². The van der Waals surface area contributed by atoms with Crippen LogP contribution in [0.2, 0.25) is 0 Å². The molecule has 106 valence electrons. The molecule has 1 fully saturated rings. The molecule has 0 aliphatic carbocycles. The van der Waals surface area contributed by atoms with E-state index in [1.54, 1.807) is 6.33 Å². The van der Waals surface area contributed by atoms with E-state index >= 15 is 0 Å². The molecule has 19 heavy (non-hydrogen) atoms. The third-order valence-electron chi connectivity index (χ3n) is 3.46. The number of anilines is 1. The van der Waals surface area contributed by atoms with E-state index in [0.717, 1.165) is 49.4 Å². The van der Waals surface area contributed by atoms with Gasteiger partial charge in [-0.1, -0.05) is 29.8 Å². The quantitative estimate of drug-likeness (QED) is 0.779. The van der Waals surface area contributed by atoms with Crippen LogP contribution in [0.1, 0.15) is 38.3 Å². The van der Waals surface area contributed by atoms with Crippen molar-refractivity contribution in [2.75, 3.05) is 29.9 Å². The van der Waals surface area contributed by atoms with Crippen LogP contribution in [0.3, 0.4) is 0 Å². The summed E-state index contributed by atoms with van der Waals surface area (Å²) in [6.07, 6.45) is 4.24. The molecule has 0 bridgehead atoms. The number of hydrogen-bond acceptors (Lipinski definition) is 4. The van der Waals surface area contributed by atoms with Gasteiger partial charge < -0.3 is 9.64 Å². The van der Waals surface area contributed by atoms with Crippen LogP contribution in [-0.2, 0) is 4.74 Å². The molecule has 0 radical (unpaired) electrons. The van der Waals surface area contributed by atoms with Crippen molar-refractivity contribution in [3.63, 3.8) is 0 Å². The maximum atomic E-state index is 5.77. The predicted octanol–water partition coefficient (Wildman–Crippen LogP) is 2.98. The molecule has 0 atom stereocenters. The lowest BCUT2D eigenvalue weighted by atomic mass is 10.1. The minimum Gasteiger partial charge on any atom is -0.377 e. The Morgan fingerprint density at radius 3 is 2.74 bits per heavy atom. The summed E-state index contributed by atoms with van der Waals surface area (Å²) < 4.78 is 5.77.